The highest BCUT2D eigenvalue weighted by atomic mass is 16.5. The zero-order valence-electron chi connectivity index (χ0n) is 12.0. The van der Waals surface area contributed by atoms with Gasteiger partial charge in [-0.15, -0.1) is 0 Å². The highest BCUT2D eigenvalue weighted by molar-refractivity contribution is 6.04. The molecule has 0 radical (unpaired) electrons. The van der Waals surface area contributed by atoms with E-state index in [1.165, 1.54) is 0 Å². The summed E-state index contributed by atoms with van der Waals surface area (Å²) in [6.45, 7) is 6.49. The van der Waals surface area contributed by atoms with Crippen LogP contribution in [-0.2, 0) is 14.3 Å². The lowest BCUT2D eigenvalue weighted by atomic mass is 9.69. The molecular weight excluding hydrogens is 228 g/mol. The fourth-order valence-electron chi connectivity index (χ4n) is 2.75. The Bertz CT molecular complexity index is 296. The van der Waals surface area contributed by atoms with Crippen LogP contribution in [0.2, 0.25) is 0 Å². The summed E-state index contributed by atoms with van der Waals surface area (Å²) in [6, 6.07) is 0. The van der Waals surface area contributed by atoms with Crippen LogP contribution in [0.25, 0.3) is 0 Å². The van der Waals surface area contributed by atoms with Crippen molar-refractivity contribution in [1.82, 2.24) is 0 Å². The van der Waals surface area contributed by atoms with Gasteiger partial charge >= 0.3 is 5.97 Å². The smallest absolute Gasteiger partial charge is 0.319 e. The molecular formula is C15H26O3. The molecule has 0 N–H and O–H groups in total. The van der Waals surface area contributed by atoms with Gasteiger partial charge in [-0.25, -0.2) is 0 Å². The predicted molar refractivity (Wildman–Crippen MR) is 71.2 cm³/mol. The average molecular weight is 254 g/mol. The van der Waals surface area contributed by atoms with Gasteiger partial charge in [0.1, 0.15) is 11.2 Å². The average Bonchev–Trinajstić information content (AvgIpc) is 2.31. The summed E-state index contributed by atoms with van der Waals surface area (Å²) >= 11 is 0. The summed E-state index contributed by atoms with van der Waals surface area (Å²) in [7, 11) is 0. The fraction of sp³-hybridized carbons (Fsp3) is 0.867. The number of esters is 1. The van der Waals surface area contributed by atoms with E-state index >= 15 is 0 Å². The van der Waals surface area contributed by atoms with Crippen molar-refractivity contribution in [1.29, 1.82) is 0 Å². The van der Waals surface area contributed by atoms with Crippen molar-refractivity contribution in [2.75, 3.05) is 6.61 Å². The fourth-order valence-corrected chi connectivity index (χ4v) is 2.75. The molecule has 0 aliphatic heterocycles. The molecule has 0 aromatic rings. The summed E-state index contributed by atoms with van der Waals surface area (Å²) in [5.41, 5.74) is -0.816. The molecule has 0 heterocycles. The predicted octanol–water partition coefficient (Wildman–Crippen LogP) is 3.51. The van der Waals surface area contributed by atoms with Gasteiger partial charge in [-0.3, -0.25) is 9.59 Å². The van der Waals surface area contributed by atoms with E-state index in [0.717, 1.165) is 25.7 Å². The Morgan fingerprint density at radius 3 is 2.67 bits per heavy atom. The van der Waals surface area contributed by atoms with Gasteiger partial charge in [0.05, 0.1) is 6.61 Å². The second-order valence-electron chi connectivity index (χ2n) is 5.72. The van der Waals surface area contributed by atoms with Crippen LogP contribution < -0.4 is 0 Å². The van der Waals surface area contributed by atoms with E-state index in [0.29, 0.717) is 31.8 Å². The van der Waals surface area contributed by atoms with Crippen LogP contribution in [0.15, 0.2) is 0 Å². The van der Waals surface area contributed by atoms with Crippen LogP contribution in [0.3, 0.4) is 0 Å². The van der Waals surface area contributed by atoms with Crippen molar-refractivity contribution in [2.45, 2.75) is 65.7 Å². The van der Waals surface area contributed by atoms with Gasteiger partial charge < -0.3 is 4.74 Å². The van der Waals surface area contributed by atoms with Gasteiger partial charge in [-0.2, -0.15) is 0 Å². The zero-order chi connectivity index (χ0) is 13.6. The second-order valence-corrected chi connectivity index (χ2v) is 5.72. The third-order valence-corrected chi connectivity index (χ3v) is 3.84. The quantitative estimate of drug-likeness (QED) is 0.538. The minimum atomic E-state index is -0.816. The number of carbonyl (C=O) groups excluding carboxylic acids is 2. The maximum Gasteiger partial charge on any atom is 0.319 e. The van der Waals surface area contributed by atoms with Crippen molar-refractivity contribution in [3.63, 3.8) is 0 Å². The molecule has 1 atom stereocenters. The lowest BCUT2D eigenvalue weighted by molar-refractivity contribution is -0.163. The molecule has 0 bridgehead atoms. The SMILES string of the molecule is CCOC(=O)C1(CCCC(C)C)CCCCC1=O. The Morgan fingerprint density at radius 1 is 1.39 bits per heavy atom. The number of Topliss-reactive ketones (excluding diaryl/α,β-unsaturated/α-hetero) is 1. The van der Waals surface area contributed by atoms with E-state index < -0.39 is 5.41 Å². The molecule has 0 saturated heterocycles. The molecule has 1 aliphatic rings. The van der Waals surface area contributed by atoms with Crippen LogP contribution in [0.4, 0.5) is 0 Å². The van der Waals surface area contributed by atoms with Gasteiger partial charge in [0.25, 0.3) is 0 Å². The first-order valence-corrected chi connectivity index (χ1v) is 7.23. The highest BCUT2D eigenvalue weighted by Crippen LogP contribution is 2.39. The lowest BCUT2D eigenvalue weighted by Gasteiger charge is -2.33. The molecule has 3 heteroatoms. The Hall–Kier alpha value is -0.860. The molecule has 1 aliphatic carbocycles. The number of hydrogen-bond acceptors (Lipinski definition) is 3. The van der Waals surface area contributed by atoms with Crippen LogP contribution >= 0.6 is 0 Å². The summed E-state index contributed by atoms with van der Waals surface area (Å²) in [4.78, 5) is 24.4. The van der Waals surface area contributed by atoms with Crippen LogP contribution in [0.1, 0.15) is 65.7 Å². The Kier molecular flexibility index (Phi) is 5.83. The molecule has 0 aromatic heterocycles. The third kappa shape index (κ3) is 3.56. The zero-order valence-corrected chi connectivity index (χ0v) is 12.0. The summed E-state index contributed by atoms with van der Waals surface area (Å²) in [5.74, 6) is 0.442. The first-order chi connectivity index (χ1) is 8.53. The number of carbonyl (C=O) groups is 2. The lowest BCUT2D eigenvalue weighted by Crippen LogP contribution is -2.43. The Balaban J connectivity index is 2.73. The van der Waals surface area contributed by atoms with E-state index in [4.69, 9.17) is 4.74 Å². The molecule has 0 spiro atoms. The van der Waals surface area contributed by atoms with E-state index in [1.54, 1.807) is 6.92 Å². The summed E-state index contributed by atoms with van der Waals surface area (Å²) in [5, 5.41) is 0. The third-order valence-electron chi connectivity index (χ3n) is 3.84. The minimum Gasteiger partial charge on any atom is -0.465 e. The largest absolute Gasteiger partial charge is 0.465 e. The molecule has 0 amide bonds. The molecule has 104 valence electrons. The minimum absolute atomic E-state index is 0.107. The van der Waals surface area contributed by atoms with Crippen LogP contribution in [0, 0.1) is 11.3 Å². The summed E-state index contributed by atoms with van der Waals surface area (Å²) < 4.78 is 5.15. The van der Waals surface area contributed by atoms with Crippen molar-refractivity contribution >= 4 is 11.8 Å². The second kappa shape index (κ2) is 6.91. The van der Waals surface area contributed by atoms with E-state index in [-0.39, 0.29) is 11.8 Å². The van der Waals surface area contributed by atoms with Crippen molar-refractivity contribution < 1.29 is 14.3 Å². The van der Waals surface area contributed by atoms with Crippen molar-refractivity contribution in [3.05, 3.63) is 0 Å². The number of rotatable bonds is 6. The van der Waals surface area contributed by atoms with Crippen LogP contribution in [-0.4, -0.2) is 18.4 Å². The molecule has 1 rings (SSSR count). The molecule has 0 aromatic carbocycles. The molecule has 1 fully saturated rings. The van der Waals surface area contributed by atoms with Gasteiger partial charge in [-0.1, -0.05) is 33.1 Å². The Labute approximate surface area is 110 Å². The Morgan fingerprint density at radius 2 is 2.11 bits per heavy atom. The van der Waals surface area contributed by atoms with Crippen molar-refractivity contribution in [2.24, 2.45) is 11.3 Å². The van der Waals surface area contributed by atoms with E-state index in [1.807, 2.05) is 0 Å². The first kappa shape index (κ1) is 15.2. The number of hydrogen-bond donors (Lipinski definition) is 0. The number of ether oxygens (including phenoxy) is 1. The molecule has 1 unspecified atom stereocenters. The number of ketones is 1. The maximum absolute atomic E-state index is 12.2. The first-order valence-electron chi connectivity index (χ1n) is 7.23. The molecule has 18 heavy (non-hydrogen) atoms. The van der Waals surface area contributed by atoms with E-state index in [2.05, 4.69) is 13.8 Å². The monoisotopic (exact) mass is 254 g/mol. The van der Waals surface area contributed by atoms with Crippen LogP contribution in [0.5, 0.6) is 0 Å². The van der Waals surface area contributed by atoms with E-state index in [9.17, 15) is 9.59 Å². The maximum atomic E-state index is 12.2. The van der Waals surface area contributed by atoms with Gasteiger partial charge in [0, 0.05) is 6.42 Å². The molecule has 1 saturated carbocycles. The topological polar surface area (TPSA) is 43.4 Å². The highest BCUT2D eigenvalue weighted by Gasteiger charge is 2.47. The van der Waals surface area contributed by atoms with Gasteiger partial charge in [0.2, 0.25) is 0 Å². The van der Waals surface area contributed by atoms with Gasteiger partial charge in [-0.05, 0) is 32.1 Å². The standard InChI is InChI=1S/C15H26O3/c1-4-18-14(17)15(11-7-8-12(2)3)10-6-5-9-13(15)16/h12H,4-11H2,1-3H3. The normalized spacial score (nSPS) is 24.3. The van der Waals surface area contributed by atoms with Gasteiger partial charge in [0.15, 0.2) is 0 Å². The summed E-state index contributed by atoms with van der Waals surface area (Å²) in [6.07, 6.45) is 5.78. The van der Waals surface area contributed by atoms with Crippen molar-refractivity contribution in [3.8, 4) is 0 Å². The molecule has 3 nitrogen and oxygen atoms in total.